The summed E-state index contributed by atoms with van der Waals surface area (Å²) in [6.07, 6.45) is 4.46. The molecule has 0 fully saturated rings. The third-order valence-electron chi connectivity index (χ3n) is 3.72. The van der Waals surface area contributed by atoms with E-state index in [2.05, 4.69) is 0 Å². The van der Waals surface area contributed by atoms with Crippen LogP contribution in [0.2, 0.25) is 0 Å². The highest BCUT2D eigenvalue weighted by Gasteiger charge is 2.19. The Kier molecular flexibility index (Phi) is 3.96. The minimum atomic E-state index is -0.00169. The van der Waals surface area contributed by atoms with Gasteiger partial charge in [0.15, 0.2) is 5.78 Å². The molecule has 3 rings (SSSR count). The number of benzene rings is 2. The number of allylic oxidation sites excluding steroid dienone is 1. The summed E-state index contributed by atoms with van der Waals surface area (Å²) in [5.41, 5.74) is 2.77. The summed E-state index contributed by atoms with van der Waals surface area (Å²) < 4.78 is 10.8. The Morgan fingerprint density at radius 1 is 1.23 bits per heavy atom. The number of fused-ring (bicyclic) bond motifs is 1. The fourth-order valence-electron chi connectivity index (χ4n) is 2.56. The summed E-state index contributed by atoms with van der Waals surface area (Å²) in [6.45, 7) is 2.03. The molecule has 22 heavy (non-hydrogen) atoms. The van der Waals surface area contributed by atoms with Crippen molar-refractivity contribution in [3.63, 3.8) is 0 Å². The van der Waals surface area contributed by atoms with Gasteiger partial charge in [-0.05, 0) is 54.5 Å². The smallest absolute Gasteiger partial charge is 0.185 e. The third-order valence-corrected chi connectivity index (χ3v) is 3.72. The molecule has 0 aliphatic carbocycles. The highest BCUT2D eigenvalue weighted by Crippen LogP contribution is 2.29. The molecule has 0 aromatic heterocycles. The molecule has 1 unspecified atom stereocenters. The van der Waals surface area contributed by atoms with Gasteiger partial charge in [0.2, 0.25) is 0 Å². The molecule has 3 nitrogen and oxygen atoms in total. The number of hydrogen-bond acceptors (Lipinski definition) is 3. The Balaban J connectivity index is 1.74. The van der Waals surface area contributed by atoms with Crippen LogP contribution in [-0.4, -0.2) is 19.0 Å². The molecule has 1 aliphatic heterocycles. The van der Waals surface area contributed by atoms with Crippen molar-refractivity contribution in [3.8, 4) is 11.5 Å². The van der Waals surface area contributed by atoms with Gasteiger partial charge in [-0.1, -0.05) is 18.2 Å². The van der Waals surface area contributed by atoms with E-state index >= 15 is 0 Å². The quantitative estimate of drug-likeness (QED) is 0.633. The molecule has 0 radical (unpaired) electrons. The first-order valence-corrected chi connectivity index (χ1v) is 7.32. The van der Waals surface area contributed by atoms with Gasteiger partial charge in [-0.15, -0.1) is 0 Å². The van der Waals surface area contributed by atoms with Crippen LogP contribution in [0.5, 0.6) is 11.5 Å². The first-order chi connectivity index (χ1) is 10.7. The SMILES string of the molecule is COc1ccc(C=CC(=O)c2ccc3c(c2)CC(C)O3)cc1. The van der Waals surface area contributed by atoms with Gasteiger partial charge in [-0.25, -0.2) is 0 Å². The Hall–Kier alpha value is -2.55. The second-order valence-corrected chi connectivity index (χ2v) is 5.43. The van der Waals surface area contributed by atoms with Gasteiger partial charge in [0.05, 0.1) is 7.11 Å². The van der Waals surface area contributed by atoms with Crippen molar-refractivity contribution >= 4 is 11.9 Å². The topological polar surface area (TPSA) is 35.5 Å². The van der Waals surface area contributed by atoms with E-state index in [1.165, 1.54) is 0 Å². The minimum Gasteiger partial charge on any atom is -0.497 e. The fourth-order valence-corrected chi connectivity index (χ4v) is 2.56. The van der Waals surface area contributed by atoms with Crippen molar-refractivity contribution in [2.24, 2.45) is 0 Å². The van der Waals surface area contributed by atoms with Crippen LogP contribution in [0.4, 0.5) is 0 Å². The van der Waals surface area contributed by atoms with E-state index in [0.29, 0.717) is 5.56 Å². The van der Waals surface area contributed by atoms with Crippen LogP contribution in [0, 0.1) is 0 Å². The maximum Gasteiger partial charge on any atom is 0.185 e. The largest absolute Gasteiger partial charge is 0.497 e. The molecular formula is C19H18O3. The van der Waals surface area contributed by atoms with E-state index < -0.39 is 0 Å². The summed E-state index contributed by atoms with van der Waals surface area (Å²) >= 11 is 0. The highest BCUT2D eigenvalue weighted by atomic mass is 16.5. The second kappa shape index (κ2) is 6.06. The number of rotatable bonds is 4. The molecular weight excluding hydrogens is 276 g/mol. The molecule has 1 aliphatic rings. The molecule has 1 heterocycles. The van der Waals surface area contributed by atoms with Crippen molar-refractivity contribution in [1.82, 2.24) is 0 Å². The zero-order valence-corrected chi connectivity index (χ0v) is 12.7. The van der Waals surface area contributed by atoms with E-state index in [9.17, 15) is 4.79 Å². The molecule has 0 N–H and O–H groups in total. The summed E-state index contributed by atoms with van der Waals surface area (Å²) in [7, 11) is 1.63. The van der Waals surface area contributed by atoms with Crippen LogP contribution in [-0.2, 0) is 6.42 Å². The van der Waals surface area contributed by atoms with Gasteiger partial charge in [0, 0.05) is 12.0 Å². The van der Waals surface area contributed by atoms with Crippen molar-refractivity contribution < 1.29 is 14.3 Å². The average Bonchev–Trinajstić information content (AvgIpc) is 2.92. The Labute approximate surface area is 130 Å². The minimum absolute atomic E-state index is 0.00169. The van der Waals surface area contributed by atoms with Gasteiger partial charge in [-0.2, -0.15) is 0 Å². The van der Waals surface area contributed by atoms with E-state index in [-0.39, 0.29) is 11.9 Å². The zero-order valence-electron chi connectivity index (χ0n) is 12.7. The van der Waals surface area contributed by atoms with E-state index in [1.54, 1.807) is 13.2 Å². The predicted octanol–water partition coefficient (Wildman–Crippen LogP) is 3.91. The first kappa shape index (κ1) is 14.4. The van der Waals surface area contributed by atoms with E-state index in [1.807, 2.05) is 55.5 Å². The molecule has 1 atom stereocenters. The fraction of sp³-hybridized carbons (Fsp3) is 0.211. The lowest BCUT2D eigenvalue weighted by Gasteiger charge is -2.02. The van der Waals surface area contributed by atoms with Crippen molar-refractivity contribution in [1.29, 1.82) is 0 Å². The molecule has 0 saturated carbocycles. The van der Waals surface area contributed by atoms with Crippen molar-refractivity contribution in [2.45, 2.75) is 19.4 Å². The lowest BCUT2D eigenvalue weighted by atomic mass is 10.0. The standard InChI is InChI=1S/C19H18O3/c1-13-11-16-12-15(6-10-19(16)22-13)18(20)9-5-14-3-7-17(21-2)8-4-14/h3-10,12-13H,11H2,1-2H3. The Morgan fingerprint density at radius 2 is 2.00 bits per heavy atom. The monoisotopic (exact) mass is 294 g/mol. The zero-order chi connectivity index (χ0) is 15.5. The number of methoxy groups -OCH3 is 1. The lowest BCUT2D eigenvalue weighted by Crippen LogP contribution is -2.05. The van der Waals surface area contributed by atoms with E-state index in [4.69, 9.17) is 9.47 Å². The highest BCUT2D eigenvalue weighted by molar-refractivity contribution is 6.07. The van der Waals surface area contributed by atoms with E-state index in [0.717, 1.165) is 29.0 Å². The van der Waals surface area contributed by atoms with Crippen molar-refractivity contribution in [2.75, 3.05) is 7.11 Å². The predicted molar refractivity (Wildman–Crippen MR) is 86.6 cm³/mol. The normalized spacial score (nSPS) is 16.4. The molecule has 0 bridgehead atoms. The van der Waals surface area contributed by atoms with Gasteiger partial charge in [-0.3, -0.25) is 4.79 Å². The van der Waals surface area contributed by atoms with Crippen LogP contribution in [0.15, 0.2) is 48.5 Å². The number of ether oxygens (including phenoxy) is 2. The Morgan fingerprint density at radius 3 is 2.73 bits per heavy atom. The van der Waals surface area contributed by atoms with Crippen molar-refractivity contribution in [3.05, 3.63) is 65.2 Å². The summed E-state index contributed by atoms with van der Waals surface area (Å²) in [5.74, 6) is 1.69. The van der Waals surface area contributed by atoms with Gasteiger partial charge in [0.25, 0.3) is 0 Å². The van der Waals surface area contributed by atoms with Gasteiger partial charge >= 0.3 is 0 Å². The number of carbonyl (C=O) groups excluding carboxylic acids is 1. The van der Waals surface area contributed by atoms with Gasteiger partial charge < -0.3 is 9.47 Å². The summed E-state index contributed by atoms with van der Waals surface area (Å²) in [6, 6.07) is 13.2. The van der Waals surface area contributed by atoms with Crippen LogP contribution in [0.25, 0.3) is 6.08 Å². The summed E-state index contributed by atoms with van der Waals surface area (Å²) in [5, 5.41) is 0. The van der Waals surface area contributed by atoms with Crippen LogP contribution in [0.3, 0.4) is 0 Å². The first-order valence-electron chi connectivity index (χ1n) is 7.32. The molecule has 2 aromatic carbocycles. The molecule has 2 aromatic rings. The lowest BCUT2D eigenvalue weighted by molar-refractivity contribution is 0.104. The average molecular weight is 294 g/mol. The molecule has 112 valence electrons. The van der Waals surface area contributed by atoms with Gasteiger partial charge in [0.1, 0.15) is 17.6 Å². The van der Waals surface area contributed by atoms with Crippen LogP contribution in [0.1, 0.15) is 28.4 Å². The maximum atomic E-state index is 12.3. The summed E-state index contributed by atoms with van der Waals surface area (Å²) in [4.78, 5) is 12.3. The number of hydrogen-bond donors (Lipinski definition) is 0. The molecule has 0 spiro atoms. The maximum absolute atomic E-state index is 12.3. The second-order valence-electron chi connectivity index (χ2n) is 5.43. The van der Waals surface area contributed by atoms with Crippen LogP contribution >= 0.6 is 0 Å². The number of ketones is 1. The molecule has 3 heteroatoms. The Bertz CT molecular complexity index is 714. The third kappa shape index (κ3) is 3.03. The molecule has 0 amide bonds. The molecule has 0 saturated heterocycles. The van der Waals surface area contributed by atoms with Crippen LogP contribution < -0.4 is 9.47 Å². The number of carbonyl (C=O) groups is 1.